The first-order valence-electron chi connectivity index (χ1n) is 11.6. The van der Waals surface area contributed by atoms with Crippen LogP contribution in [0.15, 0.2) is 121 Å². The van der Waals surface area contributed by atoms with Crippen LogP contribution in [0.3, 0.4) is 0 Å². The number of halogens is 1. The lowest BCUT2D eigenvalue weighted by molar-refractivity contribution is 0.761. The van der Waals surface area contributed by atoms with Gasteiger partial charge in [0.15, 0.2) is 0 Å². The molecule has 4 aromatic rings. The molecule has 1 unspecified atom stereocenters. The van der Waals surface area contributed by atoms with Gasteiger partial charge in [0.1, 0.15) is 0 Å². The average molecular weight is 447 g/mol. The Morgan fingerprint density at radius 1 is 0.788 bits per heavy atom. The van der Waals surface area contributed by atoms with E-state index >= 15 is 0 Å². The van der Waals surface area contributed by atoms with E-state index in [0.717, 1.165) is 17.0 Å². The fraction of sp³-hybridized carbons (Fsp3) is 0.125. The second-order valence-corrected chi connectivity index (χ2v) is 8.90. The Kier molecular flexibility index (Phi) is 5.79. The van der Waals surface area contributed by atoms with Gasteiger partial charge in [-0.2, -0.15) is 0 Å². The van der Waals surface area contributed by atoms with Gasteiger partial charge >= 0.3 is 0 Å². The fourth-order valence-electron chi connectivity index (χ4n) is 5.45. The van der Waals surface area contributed by atoms with Crippen molar-refractivity contribution in [2.24, 2.45) is 0 Å². The highest BCUT2D eigenvalue weighted by Crippen LogP contribution is 2.58. The maximum atomic E-state index is 6.41. The maximum absolute atomic E-state index is 6.41. The van der Waals surface area contributed by atoms with Gasteiger partial charge in [0.25, 0.3) is 0 Å². The molecule has 1 aliphatic rings. The molecule has 0 amide bonds. The molecule has 0 radical (unpaired) electrons. The van der Waals surface area contributed by atoms with Crippen molar-refractivity contribution >= 4 is 11.6 Å². The summed E-state index contributed by atoms with van der Waals surface area (Å²) in [5.41, 5.74) is 9.84. The van der Waals surface area contributed by atoms with Crippen LogP contribution in [0, 0.1) is 0 Å². The quantitative estimate of drug-likeness (QED) is 0.268. The molecule has 0 aliphatic heterocycles. The van der Waals surface area contributed by atoms with Gasteiger partial charge in [-0.25, -0.2) is 0 Å². The van der Waals surface area contributed by atoms with Crippen molar-refractivity contribution in [2.45, 2.75) is 25.7 Å². The molecule has 1 heteroatoms. The van der Waals surface area contributed by atoms with Crippen molar-refractivity contribution in [1.29, 1.82) is 0 Å². The predicted octanol–water partition coefficient (Wildman–Crippen LogP) is 9.23. The van der Waals surface area contributed by atoms with E-state index in [2.05, 4.69) is 117 Å². The van der Waals surface area contributed by atoms with Crippen LogP contribution in [0.4, 0.5) is 0 Å². The minimum Gasteiger partial charge on any atom is -0.0873 e. The van der Waals surface area contributed by atoms with E-state index in [0.29, 0.717) is 0 Å². The highest BCUT2D eigenvalue weighted by molar-refractivity contribution is 6.30. The van der Waals surface area contributed by atoms with Crippen LogP contribution in [-0.4, -0.2) is 0 Å². The van der Waals surface area contributed by atoms with Gasteiger partial charge in [0.05, 0.1) is 5.41 Å². The zero-order valence-electron chi connectivity index (χ0n) is 19.1. The highest BCUT2D eigenvalue weighted by Gasteiger charge is 2.47. The van der Waals surface area contributed by atoms with Gasteiger partial charge < -0.3 is 0 Å². The number of benzene rings is 4. The van der Waals surface area contributed by atoms with Crippen LogP contribution < -0.4 is 0 Å². The molecule has 0 fully saturated rings. The van der Waals surface area contributed by atoms with Crippen LogP contribution in [0.5, 0.6) is 0 Å². The van der Waals surface area contributed by atoms with Crippen LogP contribution in [0.1, 0.15) is 37.0 Å². The topological polar surface area (TPSA) is 0 Å². The third kappa shape index (κ3) is 3.37. The fourth-order valence-corrected chi connectivity index (χ4v) is 5.64. The van der Waals surface area contributed by atoms with Gasteiger partial charge in [-0.05, 0) is 70.0 Å². The Morgan fingerprint density at radius 3 is 2.24 bits per heavy atom. The van der Waals surface area contributed by atoms with E-state index in [9.17, 15) is 0 Å². The molecular formula is C32H27Cl. The van der Waals surface area contributed by atoms with Gasteiger partial charge in [-0.3, -0.25) is 0 Å². The molecule has 0 saturated heterocycles. The number of fused-ring (bicyclic) bond motifs is 3. The Morgan fingerprint density at radius 2 is 1.48 bits per heavy atom. The van der Waals surface area contributed by atoms with E-state index < -0.39 is 0 Å². The first kappa shape index (κ1) is 21.5. The Hall–Kier alpha value is -3.35. The molecule has 162 valence electrons. The first-order chi connectivity index (χ1) is 16.2. The first-order valence-corrected chi connectivity index (χ1v) is 12.0. The van der Waals surface area contributed by atoms with E-state index in [1.807, 2.05) is 12.1 Å². The number of allylic oxidation sites excluding steroid dienone is 4. The van der Waals surface area contributed by atoms with E-state index in [4.69, 9.17) is 11.6 Å². The normalized spacial score (nSPS) is 17.2. The SMILES string of the molecule is CC=CC(=CCC)C1(c2ccccc2)c2ccccc2-c2c(-c3cccc(Cl)c3)cccc21. The van der Waals surface area contributed by atoms with E-state index in [-0.39, 0.29) is 5.41 Å². The second kappa shape index (κ2) is 8.89. The average Bonchev–Trinajstić information content (AvgIpc) is 3.16. The summed E-state index contributed by atoms with van der Waals surface area (Å²) in [6.45, 7) is 4.32. The van der Waals surface area contributed by atoms with E-state index in [1.54, 1.807) is 0 Å². The van der Waals surface area contributed by atoms with Crippen LogP contribution >= 0.6 is 11.6 Å². The van der Waals surface area contributed by atoms with Gasteiger partial charge in [0.2, 0.25) is 0 Å². The zero-order valence-corrected chi connectivity index (χ0v) is 19.8. The third-order valence-corrected chi connectivity index (χ3v) is 6.85. The highest BCUT2D eigenvalue weighted by atomic mass is 35.5. The number of rotatable bonds is 5. The Bertz CT molecular complexity index is 1360. The molecule has 5 rings (SSSR count). The summed E-state index contributed by atoms with van der Waals surface area (Å²) in [5, 5.41) is 0.756. The molecule has 0 aromatic heterocycles. The smallest absolute Gasteiger partial charge is 0.0710 e. The number of hydrogen-bond donors (Lipinski definition) is 0. The summed E-state index contributed by atoms with van der Waals surface area (Å²) in [5.74, 6) is 0. The van der Waals surface area contributed by atoms with Crippen molar-refractivity contribution in [3.05, 3.63) is 143 Å². The lowest BCUT2D eigenvalue weighted by Gasteiger charge is -2.35. The van der Waals surface area contributed by atoms with Crippen LogP contribution in [0.2, 0.25) is 5.02 Å². The summed E-state index contributed by atoms with van der Waals surface area (Å²) < 4.78 is 0. The lowest BCUT2D eigenvalue weighted by atomic mass is 9.66. The van der Waals surface area contributed by atoms with Crippen molar-refractivity contribution in [3.8, 4) is 22.3 Å². The molecule has 1 atom stereocenters. The summed E-state index contributed by atoms with van der Waals surface area (Å²) in [6, 6.07) is 34.7. The third-order valence-electron chi connectivity index (χ3n) is 6.61. The molecule has 4 aromatic carbocycles. The molecule has 33 heavy (non-hydrogen) atoms. The minimum absolute atomic E-state index is 0.371. The zero-order chi connectivity index (χ0) is 22.8. The predicted molar refractivity (Wildman–Crippen MR) is 142 cm³/mol. The molecule has 0 N–H and O–H groups in total. The Balaban J connectivity index is 1.95. The monoisotopic (exact) mass is 446 g/mol. The Labute approximate surface area is 201 Å². The summed E-state index contributed by atoms with van der Waals surface area (Å²) in [6.07, 6.45) is 7.80. The van der Waals surface area contributed by atoms with Gasteiger partial charge in [-0.1, -0.05) is 122 Å². The van der Waals surface area contributed by atoms with Crippen molar-refractivity contribution in [3.63, 3.8) is 0 Å². The van der Waals surface area contributed by atoms with Gasteiger partial charge in [0, 0.05) is 5.02 Å². The summed E-state index contributed by atoms with van der Waals surface area (Å²) in [7, 11) is 0. The molecular weight excluding hydrogens is 420 g/mol. The molecule has 0 nitrogen and oxygen atoms in total. The largest absolute Gasteiger partial charge is 0.0873 e. The molecule has 0 spiro atoms. The molecule has 0 bridgehead atoms. The second-order valence-electron chi connectivity index (χ2n) is 8.47. The summed E-state index contributed by atoms with van der Waals surface area (Å²) >= 11 is 6.41. The van der Waals surface area contributed by atoms with Crippen molar-refractivity contribution in [1.82, 2.24) is 0 Å². The van der Waals surface area contributed by atoms with Crippen molar-refractivity contribution in [2.75, 3.05) is 0 Å². The van der Waals surface area contributed by atoms with Crippen molar-refractivity contribution < 1.29 is 0 Å². The lowest BCUT2D eigenvalue weighted by Crippen LogP contribution is -2.29. The van der Waals surface area contributed by atoms with Crippen LogP contribution in [0.25, 0.3) is 22.3 Å². The maximum Gasteiger partial charge on any atom is 0.0710 e. The van der Waals surface area contributed by atoms with E-state index in [1.165, 1.54) is 39.0 Å². The summed E-state index contributed by atoms with van der Waals surface area (Å²) in [4.78, 5) is 0. The number of hydrogen-bond acceptors (Lipinski definition) is 0. The van der Waals surface area contributed by atoms with Gasteiger partial charge in [-0.15, -0.1) is 0 Å². The molecule has 1 aliphatic carbocycles. The van der Waals surface area contributed by atoms with Crippen LogP contribution in [-0.2, 0) is 5.41 Å². The minimum atomic E-state index is -0.371. The molecule has 0 saturated carbocycles. The standard InChI is InChI=1S/C32H27Cl/c1-3-12-24(13-4-2)32(25-15-6-5-7-16-25)29-20-9-8-18-28(29)31-27(19-11-21-30(31)32)23-14-10-17-26(33)22-23/h3,5-22H,4H2,1-2H3. The molecule has 0 heterocycles.